The van der Waals surface area contributed by atoms with Crippen molar-refractivity contribution in [3.8, 4) is 0 Å². The number of Topliss-reactive ketones (excluding diaryl/α,β-unsaturated/α-hetero) is 1. The molecule has 0 saturated carbocycles. The zero-order valence-electron chi connectivity index (χ0n) is 9.42. The molecule has 0 amide bonds. The molecule has 0 aromatic heterocycles. The van der Waals surface area contributed by atoms with Crippen LogP contribution < -0.4 is 0 Å². The van der Waals surface area contributed by atoms with Gasteiger partial charge in [-0.25, -0.2) is 0 Å². The van der Waals surface area contributed by atoms with Gasteiger partial charge in [-0.15, -0.1) is 0 Å². The molecule has 1 aromatic carbocycles. The summed E-state index contributed by atoms with van der Waals surface area (Å²) in [7, 11) is 0. The maximum absolute atomic E-state index is 11.9. The normalized spacial score (nSPS) is 13.5. The molecule has 1 aliphatic carbocycles. The number of hydrogen-bond donors (Lipinski definition) is 0. The Hall–Kier alpha value is -0.890. The third kappa shape index (κ3) is 2.43. The van der Waals surface area contributed by atoms with E-state index in [9.17, 15) is 4.79 Å². The summed E-state index contributed by atoms with van der Waals surface area (Å²) in [6.45, 7) is 2.11. The molecule has 0 radical (unpaired) electrons. The summed E-state index contributed by atoms with van der Waals surface area (Å²) < 4.78 is 1.07. The summed E-state index contributed by atoms with van der Waals surface area (Å²) in [4.78, 5) is 11.9. The highest BCUT2D eigenvalue weighted by atomic mass is 79.9. The highest BCUT2D eigenvalue weighted by Gasteiger charge is 2.17. The van der Waals surface area contributed by atoms with E-state index < -0.39 is 0 Å². The molecule has 0 bridgehead atoms. The Bertz CT molecular complexity index is 446. The van der Waals surface area contributed by atoms with Crippen LogP contribution in [0, 0.1) is 0 Å². The second-order valence-corrected chi connectivity index (χ2v) is 5.13. The molecule has 2 heteroatoms. The van der Waals surface area contributed by atoms with Gasteiger partial charge < -0.3 is 0 Å². The van der Waals surface area contributed by atoms with Gasteiger partial charge >= 0.3 is 0 Å². The Morgan fingerprint density at radius 1 is 1.44 bits per heavy atom. The maximum Gasteiger partial charge on any atom is 0.159 e. The van der Waals surface area contributed by atoms with Gasteiger partial charge in [0, 0.05) is 22.9 Å². The number of fused-ring (bicyclic) bond motifs is 1. The van der Waals surface area contributed by atoms with Crippen molar-refractivity contribution in [2.75, 3.05) is 0 Å². The molecule has 1 aliphatic rings. The van der Waals surface area contributed by atoms with Gasteiger partial charge in [-0.1, -0.05) is 35.3 Å². The van der Waals surface area contributed by atoms with Crippen LogP contribution in [0.4, 0.5) is 0 Å². The topological polar surface area (TPSA) is 17.1 Å². The number of carbonyl (C=O) groups is 1. The van der Waals surface area contributed by atoms with Crippen LogP contribution in [-0.4, -0.2) is 5.78 Å². The van der Waals surface area contributed by atoms with Crippen molar-refractivity contribution in [1.82, 2.24) is 0 Å². The summed E-state index contributed by atoms with van der Waals surface area (Å²) >= 11 is 3.45. The lowest BCUT2D eigenvalue weighted by Crippen LogP contribution is -2.01. The van der Waals surface area contributed by atoms with E-state index in [0.717, 1.165) is 29.3 Å². The van der Waals surface area contributed by atoms with Gasteiger partial charge in [0.15, 0.2) is 5.78 Å². The Morgan fingerprint density at radius 2 is 2.25 bits per heavy atom. The fourth-order valence-corrected chi connectivity index (χ4v) is 2.36. The van der Waals surface area contributed by atoms with E-state index in [-0.39, 0.29) is 0 Å². The molecule has 16 heavy (non-hydrogen) atoms. The number of ketones is 1. The molecule has 0 unspecified atom stereocenters. The smallest absolute Gasteiger partial charge is 0.159 e. The van der Waals surface area contributed by atoms with E-state index >= 15 is 0 Å². The minimum atomic E-state index is 0.314. The van der Waals surface area contributed by atoms with Crippen LogP contribution in [0.25, 0.3) is 6.08 Å². The second-order valence-electron chi connectivity index (χ2n) is 4.22. The third-order valence-corrected chi connectivity index (χ3v) is 3.43. The fraction of sp³-hybridized carbons (Fsp3) is 0.357. The number of rotatable bonds is 4. The van der Waals surface area contributed by atoms with Crippen LogP contribution in [0.2, 0.25) is 0 Å². The lowest BCUT2D eigenvalue weighted by Gasteiger charge is -2.00. The molecule has 0 N–H and O–H groups in total. The Balaban J connectivity index is 2.12. The van der Waals surface area contributed by atoms with E-state index in [1.807, 2.05) is 12.1 Å². The highest BCUT2D eigenvalue weighted by Crippen LogP contribution is 2.28. The lowest BCUT2D eigenvalue weighted by atomic mass is 10.0. The Morgan fingerprint density at radius 3 is 3.00 bits per heavy atom. The first-order chi connectivity index (χ1) is 7.70. The SMILES string of the molecule is CCCCC(=O)C1=Cc2cc(Br)ccc2C1. The molecule has 1 aromatic rings. The fourth-order valence-electron chi connectivity index (χ4n) is 1.98. The largest absolute Gasteiger partial charge is 0.295 e. The van der Waals surface area contributed by atoms with Crippen LogP contribution in [0.15, 0.2) is 28.2 Å². The Labute approximate surface area is 105 Å². The quantitative estimate of drug-likeness (QED) is 0.809. The summed E-state index contributed by atoms with van der Waals surface area (Å²) in [5.41, 5.74) is 3.43. The van der Waals surface area contributed by atoms with Crippen molar-refractivity contribution in [2.24, 2.45) is 0 Å². The number of allylic oxidation sites excluding steroid dienone is 1. The van der Waals surface area contributed by atoms with Crippen molar-refractivity contribution in [1.29, 1.82) is 0 Å². The predicted molar refractivity (Wildman–Crippen MR) is 70.4 cm³/mol. The van der Waals surface area contributed by atoms with Crippen LogP contribution in [0.1, 0.15) is 37.3 Å². The summed E-state index contributed by atoms with van der Waals surface area (Å²) in [5.74, 6) is 0.314. The van der Waals surface area contributed by atoms with Crippen LogP contribution in [-0.2, 0) is 11.2 Å². The minimum Gasteiger partial charge on any atom is -0.295 e. The third-order valence-electron chi connectivity index (χ3n) is 2.93. The van der Waals surface area contributed by atoms with Gasteiger partial charge in [0.2, 0.25) is 0 Å². The molecule has 84 valence electrons. The number of benzene rings is 1. The van der Waals surface area contributed by atoms with Crippen molar-refractivity contribution in [2.45, 2.75) is 32.6 Å². The summed E-state index contributed by atoms with van der Waals surface area (Å²) in [5, 5.41) is 0. The highest BCUT2D eigenvalue weighted by molar-refractivity contribution is 9.10. The summed E-state index contributed by atoms with van der Waals surface area (Å²) in [6.07, 6.45) is 5.62. The van der Waals surface area contributed by atoms with Crippen molar-refractivity contribution in [3.05, 3.63) is 39.4 Å². The molecule has 1 nitrogen and oxygen atoms in total. The first-order valence-electron chi connectivity index (χ1n) is 5.73. The van der Waals surface area contributed by atoms with Crippen molar-refractivity contribution < 1.29 is 4.79 Å². The number of halogens is 1. The average molecular weight is 279 g/mol. The van der Waals surface area contributed by atoms with Crippen molar-refractivity contribution >= 4 is 27.8 Å². The van der Waals surface area contributed by atoms with Crippen molar-refractivity contribution in [3.63, 3.8) is 0 Å². The first kappa shape index (κ1) is 11.6. The first-order valence-corrected chi connectivity index (χ1v) is 6.52. The maximum atomic E-state index is 11.9. The molecule has 0 fully saturated rings. The molecule has 0 aliphatic heterocycles. The minimum absolute atomic E-state index is 0.314. The van der Waals surface area contributed by atoms with Gasteiger partial charge in [0.25, 0.3) is 0 Å². The van der Waals surface area contributed by atoms with Crippen LogP contribution in [0.5, 0.6) is 0 Å². The van der Waals surface area contributed by atoms with E-state index in [2.05, 4.69) is 35.0 Å². The molecule has 0 heterocycles. The molecule has 2 rings (SSSR count). The Kier molecular flexibility index (Phi) is 3.59. The number of hydrogen-bond acceptors (Lipinski definition) is 1. The van der Waals surface area contributed by atoms with Gasteiger partial charge in [-0.05, 0) is 35.8 Å². The van der Waals surface area contributed by atoms with Gasteiger partial charge in [-0.2, -0.15) is 0 Å². The second kappa shape index (κ2) is 4.96. The van der Waals surface area contributed by atoms with Crippen LogP contribution >= 0.6 is 15.9 Å². The molecule has 0 spiro atoms. The molecule has 0 atom stereocenters. The number of unbranched alkanes of at least 4 members (excludes halogenated alkanes) is 1. The summed E-state index contributed by atoms with van der Waals surface area (Å²) in [6, 6.07) is 6.21. The van der Waals surface area contributed by atoms with Gasteiger partial charge in [0.05, 0.1) is 0 Å². The van der Waals surface area contributed by atoms with Gasteiger partial charge in [0.1, 0.15) is 0 Å². The number of carbonyl (C=O) groups excluding carboxylic acids is 1. The van der Waals surface area contributed by atoms with Crippen LogP contribution in [0.3, 0.4) is 0 Å². The predicted octanol–water partition coefficient (Wildman–Crippen LogP) is 4.15. The molecular weight excluding hydrogens is 264 g/mol. The molecule has 0 saturated heterocycles. The standard InChI is InChI=1S/C14H15BrO/c1-2-3-4-14(16)12-7-10-5-6-13(15)9-11(10)8-12/h5-6,8-9H,2-4,7H2,1H3. The average Bonchev–Trinajstić information content (AvgIpc) is 2.68. The van der Waals surface area contributed by atoms with E-state index in [4.69, 9.17) is 0 Å². The zero-order chi connectivity index (χ0) is 11.5. The lowest BCUT2D eigenvalue weighted by molar-refractivity contribution is -0.115. The van der Waals surface area contributed by atoms with E-state index in [0.29, 0.717) is 12.2 Å². The molecular formula is C14H15BrO. The van der Waals surface area contributed by atoms with E-state index in [1.54, 1.807) is 0 Å². The zero-order valence-corrected chi connectivity index (χ0v) is 11.0. The monoisotopic (exact) mass is 278 g/mol. The van der Waals surface area contributed by atoms with E-state index in [1.165, 1.54) is 11.1 Å². The van der Waals surface area contributed by atoms with Gasteiger partial charge in [-0.3, -0.25) is 4.79 Å².